The summed E-state index contributed by atoms with van der Waals surface area (Å²) in [6.45, 7) is 4.96. The highest BCUT2D eigenvalue weighted by Crippen LogP contribution is 2.24. The standard InChI is InChI=1S/C15H26N4O2/c1-4-7-16-13-10-15(18-14(17-13)11-20-3)21-9-8-19(2)12-5-6-12/h10,12H,4-9,11H2,1-3H3,(H,16,17,18). The van der Waals surface area contributed by atoms with Gasteiger partial charge in [0.15, 0.2) is 5.82 Å². The fourth-order valence-corrected chi connectivity index (χ4v) is 2.08. The fraction of sp³-hybridized carbons (Fsp3) is 0.733. The number of aromatic nitrogens is 2. The van der Waals surface area contributed by atoms with Crippen molar-refractivity contribution < 1.29 is 9.47 Å². The molecule has 1 heterocycles. The molecule has 1 aliphatic rings. The Balaban J connectivity index is 1.90. The highest BCUT2D eigenvalue weighted by atomic mass is 16.5. The number of likely N-dealkylation sites (N-methyl/N-ethyl adjacent to an activating group) is 1. The number of nitrogens with one attached hydrogen (secondary N) is 1. The SMILES string of the molecule is CCCNc1cc(OCCN(C)C2CC2)nc(COC)n1. The van der Waals surface area contributed by atoms with Gasteiger partial charge < -0.3 is 19.7 Å². The van der Waals surface area contributed by atoms with E-state index in [4.69, 9.17) is 9.47 Å². The van der Waals surface area contributed by atoms with E-state index in [0.29, 0.717) is 24.9 Å². The second-order valence-corrected chi connectivity index (χ2v) is 5.43. The molecule has 2 rings (SSSR count). The molecule has 0 saturated heterocycles. The minimum atomic E-state index is 0.389. The summed E-state index contributed by atoms with van der Waals surface area (Å²) >= 11 is 0. The molecule has 0 spiro atoms. The first-order chi connectivity index (χ1) is 10.2. The third-order valence-corrected chi connectivity index (χ3v) is 3.44. The second-order valence-electron chi connectivity index (χ2n) is 5.43. The van der Waals surface area contributed by atoms with Gasteiger partial charge >= 0.3 is 0 Å². The summed E-state index contributed by atoms with van der Waals surface area (Å²) in [5.74, 6) is 2.05. The molecule has 0 atom stereocenters. The normalized spacial score (nSPS) is 14.5. The number of nitrogens with zero attached hydrogens (tertiary/aromatic N) is 3. The van der Waals surface area contributed by atoms with Crippen LogP contribution in [0.25, 0.3) is 0 Å². The maximum Gasteiger partial charge on any atom is 0.218 e. The van der Waals surface area contributed by atoms with E-state index in [2.05, 4.69) is 34.2 Å². The molecule has 1 aromatic rings. The van der Waals surface area contributed by atoms with Gasteiger partial charge in [0.25, 0.3) is 0 Å². The Kier molecular flexibility index (Phi) is 6.20. The lowest BCUT2D eigenvalue weighted by atomic mass is 10.4. The van der Waals surface area contributed by atoms with Crippen molar-refractivity contribution in [1.82, 2.24) is 14.9 Å². The highest BCUT2D eigenvalue weighted by Gasteiger charge is 2.25. The van der Waals surface area contributed by atoms with Crippen LogP contribution in [0, 0.1) is 0 Å². The van der Waals surface area contributed by atoms with Crippen LogP contribution in [0.3, 0.4) is 0 Å². The van der Waals surface area contributed by atoms with E-state index in [9.17, 15) is 0 Å². The van der Waals surface area contributed by atoms with Crippen LogP contribution in [0.4, 0.5) is 5.82 Å². The van der Waals surface area contributed by atoms with Crippen molar-refractivity contribution in [2.75, 3.05) is 39.2 Å². The van der Waals surface area contributed by atoms with E-state index in [0.717, 1.165) is 31.4 Å². The van der Waals surface area contributed by atoms with Gasteiger partial charge in [-0.3, -0.25) is 0 Å². The molecule has 0 radical (unpaired) electrons. The van der Waals surface area contributed by atoms with Crippen molar-refractivity contribution in [3.63, 3.8) is 0 Å². The van der Waals surface area contributed by atoms with Crippen LogP contribution in [-0.2, 0) is 11.3 Å². The topological polar surface area (TPSA) is 59.5 Å². The molecule has 1 saturated carbocycles. The van der Waals surface area contributed by atoms with Gasteiger partial charge in [0.2, 0.25) is 5.88 Å². The average Bonchev–Trinajstić information content (AvgIpc) is 3.30. The van der Waals surface area contributed by atoms with E-state index in [1.165, 1.54) is 12.8 Å². The van der Waals surface area contributed by atoms with Gasteiger partial charge in [0.05, 0.1) is 0 Å². The van der Waals surface area contributed by atoms with Gasteiger partial charge in [0.1, 0.15) is 19.0 Å². The lowest BCUT2D eigenvalue weighted by Gasteiger charge is -2.16. The molecule has 0 amide bonds. The Labute approximate surface area is 126 Å². The van der Waals surface area contributed by atoms with Gasteiger partial charge in [-0.05, 0) is 26.3 Å². The lowest BCUT2D eigenvalue weighted by Crippen LogP contribution is -2.26. The zero-order chi connectivity index (χ0) is 15.1. The first-order valence-electron chi connectivity index (χ1n) is 7.66. The summed E-state index contributed by atoms with van der Waals surface area (Å²) in [5.41, 5.74) is 0. The van der Waals surface area contributed by atoms with Crippen molar-refractivity contribution in [1.29, 1.82) is 0 Å². The summed E-state index contributed by atoms with van der Waals surface area (Å²) in [6.07, 6.45) is 3.67. The van der Waals surface area contributed by atoms with Gasteiger partial charge in [-0.1, -0.05) is 6.92 Å². The predicted octanol–water partition coefficient (Wildman–Crippen LogP) is 1.92. The first kappa shape index (κ1) is 16.0. The molecule has 1 N–H and O–H groups in total. The second kappa shape index (κ2) is 8.14. The molecule has 1 aromatic heterocycles. The zero-order valence-corrected chi connectivity index (χ0v) is 13.3. The zero-order valence-electron chi connectivity index (χ0n) is 13.3. The van der Waals surface area contributed by atoms with Crippen LogP contribution in [0.1, 0.15) is 32.0 Å². The molecule has 0 aliphatic heterocycles. The van der Waals surface area contributed by atoms with E-state index < -0.39 is 0 Å². The summed E-state index contributed by atoms with van der Waals surface area (Å²) in [5, 5.41) is 3.26. The number of hydrogen-bond donors (Lipinski definition) is 1. The summed E-state index contributed by atoms with van der Waals surface area (Å²) in [7, 11) is 3.78. The van der Waals surface area contributed by atoms with Crippen LogP contribution in [-0.4, -0.2) is 54.8 Å². The van der Waals surface area contributed by atoms with E-state index in [1.807, 2.05) is 6.07 Å². The minimum Gasteiger partial charge on any atom is -0.476 e. The third kappa shape index (κ3) is 5.47. The monoisotopic (exact) mass is 294 g/mol. The molecule has 1 fully saturated rings. The largest absolute Gasteiger partial charge is 0.476 e. The van der Waals surface area contributed by atoms with E-state index in [-0.39, 0.29) is 0 Å². The number of methoxy groups -OCH3 is 1. The molecule has 6 nitrogen and oxygen atoms in total. The predicted molar refractivity (Wildman–Crippen MR) is 82.7 cm³/mol. The molecular weight excluding hydrogens is 268 g/mol. The number of hydrogen-bond acceptors (Lipinski definition) is 6. The quantitative estimate of drug-likeness (QED) is 0.711. The maximum absolute atomic E-state index is 5.77. The molecule has 118 valence electrons. The fourth-order valence-electron chi connectivity index (χ4n) is 2.08. The van der Waals surface area contributed by atoms with Crippen molar-refractivity contribution in [2.24, 2.45) is 0 Å². The Morgan fingerprint density at radius 2 is 2.19 bits per heavy atom. The summed E-state index contributed by atoms with van der Waals surface area (Å²) < 4.78 is 10.9. The summed E-state index contributed by atoms with van der Waals surface area (Å²) in [6, 6.07) is 2.61. The van der Waals surface area contributed by atoms with Gasteiger partial charge in [-0.2, -0.15) is 4.98 Å². The highest BCUT2D eigenvalue weighted by molar-refractivity contribution is 5.38. The Morgan fingerprint density at radius 3 is 2.86 bits per heavy atom. The molecule has 6 heteroatoms. The Bertz CT molecular complexity index is 438. The third-order valence-electron chi connectivity index (χ3n) is 3.44. The van der Waals surface area contributed by atoms with E-state index >= 15 is 0 Å². The average molecular weight is 294 g/mol. The Hall–Kier alpha value is -1.40. The van der Waals surface area contributed by atoms with Gasteiger partial charge in [-0.25, -0.2) is 4.98 Å². The van der Waals surface area contributed by atoms with Crippen molar-refractivity contribution in [3.05, 3.63) is 11.9 Å². The molecular formula is C15H26N4O2. The van der Waals surface area contributed by atoms with E-state index in [1.54, 1.807) is 7.11 Å². The van der Waals surface area contributed by atoms with Crippen molar-refractivity contribution in [2.45, 2.75) is 38.8 Å². The minimum absolute atomic E-state index is 0.389. The maximum atomic E-state index is 5.77. The van der Waals surface area contributed by atoms with Gasteiger partial charge in [-0.15, -0.1) is 0 Å². The number of rotatable bonds is 10. The number of anilines is 1. The molecule has 0 aromatic carbocycles. The van der Waals surface area contributed by atoms with Crippen molar-refractivity contribution >= 4 is 5.82 Å². The molecule has 21 heavy (non-hydrogen) atoms. The van der Waals surface area contributed by atoms with Gasteiger partial charge in [0, 0.05) is 32.3 Å². The number of ether oxygens (including phenoxy) is 2. The van der Waals surface area contributed by atoms with Crippen LogP contribution in [0.5, 0.6) is 5.88 Å². The van der Waals surface area contributed by atoms with Crippen LogP contribution < -0.4 is 10.1 Å². The molecule has 0 bridgehead atoms. The Morgan fingerprint density at radius 1 is 1.38 bits per heavy atom. The smallest absolute Gasteiger partial charge is 0.218 e. The first-order valence-corrected chi connectivity index (χ1v) is 7.66. The van der Waals surface area contributed by atoms with Crippen LogP contribution in [0.2, 0.25) is 0 Å². The van der Waals surface area contributed by atoms with Crippen molar-refractivity contribution in [3.8, 4) is 5.88 Å². The van der Waals surface area contributed by atoms with Crippen LogP contribution in [0.15, 0.2) is 6.07 Å². The molecule has 1 aliphatic carbocycles. The summed E-state index contributed by atoms with van der Waals surface area (Å²) in [4.78, 5) is 11.1. The molecule has 0 unspecified atom stereocenters. The van der Waals surface area contributed by atoms with Crippen LogP contribution >= 0.6 is 0 Å². The lowest BCUT2D eigenvalue weighted by molar-refractivity contribution is 0.175.